The van der Waals surface area contributed by atoms with Gasteiger partial charge in [0.25, 0.3) is 15.9 Å². The number of hydrogen-bond acceptors (Lipinski definition) is 5. The van der Waals surface area contributed by atoms with Crippen molar-refractivity contribution in [3.05, 3.63) is 114 Å². The lowest BCUT2D eigenvalue weighted by molar-refractivity contribution is 0.102. The van der Waals surface area contributed by atoms with Crippen molar-refractivity contribution in [1.29, 1.82) is 0 Å². The molecule has 7 nitrogen and oxygen atoms in total. The number of ether oxygens (including phenoxy) is 1. The average Bonchev–Trinajstić information content (AvgIpc) is 2.89. The molecule has 0 bridgehead atoms. The number of nitrogens with one attached hydrogen (secondary N) is 1. The van der Waals surface area contributed by atoms with Gasteiger partial charge in [-0.25, -0.2) is 8.42 Å². The Bertz CT molecular complexity index is 1440. The summed E-state index contributed by atoms with van der Waals surface area (Å²) in [7, 11) is -2.62. The molecular formula is C27H24N2O5S. The minimum Gasteiger partial charge on any atom is -0.506 e. The summed E-state index contributed by atoms with van der Waals surface area (Å²) in [5.74, 6) is -0.231. The molecule has 0 atom stereocenters. The molecule has 8 heteroatoms. The van der Waals surface area contributed by atoms with Gasteiger partial charge in [0.05, 0.1) is 29.9 Å². The maximum Gasteiger partial charge on any atom is 0.264 e. The van der Waals surface area contributed by atoms with Gasteiger partial charge in [-0.3, -0.25) is 9.10 Å². The fourth-order valence-corrected chi connectivity index (χ4v) is 5.09. The summed E-state index contributed by atoms with van der Waals surface area (Å²) in [4.78, 5) is 12.8. The molecule has 0 fully saturated rings. The molecule has 0 spiro atoms. The van der Waals surface area contributed by atoms with Crippen LogP contribution in [0, 0.1) is 0 Å². The van der Waals surface area contributed by atoms with Crippen LogP contribution in [0.4, 0.5) is 11.4 Å². The molecule has 4 rings (SSSR count). The van der Waals surface area contributed by atoms with Gasteiger partial charge in [-0.1, -0.05) is 60.7 Å². The Kier molecular flexibility index (Phi) is 7.03. The Balaban J connectivity index is 1.73. The second kappa shape index (κ2) is 10.3. The minimum atomic E-state index is -4.10. The predicted molar refractivity (Wildman–Crippen MR) is 135 cm³/mol. The summed E-state index contributed by atoms with van der Waals surface area (Å²) in [5.41, 5.74) is 1.53. The zero-order valence-electron chi connectivity index (χ0n) is 19.0. The molecule has 0 aliphatic heterocycles. The van der Waals surface area contributed by atoms with Crippen molar-refractivity contribution >= 4 is 27.3 Å². The Morgan fingerprint density at radius 2 is 1.57 bits per heavy atom. The average molecular weight is 489 g/mol. The number of amides is 1. The number of hydrogen-bond donors (Lipinski definition) is 2. The van der Waals surface area contributed by atoms with E-state index in [9.17, 15) is 18.3 Å². The molecule has 0 aliphatic carbocycles. The van der Waals surface area contributed by atoms with Crippen LogP contribution in [-0.4, -0.2) is 26.5 Å². The van der Waals surface area contributed by atoms with Crippen LogP contribution in [0.1, 0.15) is 15.9 Å². The van der Waals surface area contributed by atoms with Gasteiger partial charge in [0.1, 0.15) is 11.5 Å². The number of para-hydroxylation sites is 4. The van der Waals surface area contributed by atoms with Crippen molar-refractivity contribution in [1.82, 2.24) is 0 Å². The molecule has 0 saturated carbocycles. The molecule has 0 radical (unpaired) electrons. The van der Waals surface area contributed by atoms with Gasteiger partial charge in [-0.05, 0) is 48.0 Å². The fourth-order valence-electron chi connectivity index (χ4n) is 3.58. The number of methoxy groups -OCH3 is 1. The molecule has 2 N–H and O–H groups in total. The van der Waals surface area contributed by atoms with Crippen molar-refractivity contribution in [3.8, 4) is 11.5 Å². The molecule has 0 unspecified atom stereocenters. The van der Waals surface area contributed by atoms with Crippen LogP contribution in [0.3, 0.4) is 0 Å². The van der Waals surface area contributed by atoms with E-state index in [2.05, 4.69) is 5.32 Å². The lowest BCUT2D eigenvalue weighted by atomic mass is 10.2. The first-order valence-electron chi connectivity index (χ1n) is 10.8. The number of sulfonamides is 1. The standard InChI is InChI=1S/C27H24N2O5S/c1-34-26-17-8-6-15-24(26)29(19-20-10-3-2-4-11-20)35(32,33)22-13-9-12-21(18-22)27(31)28-23-14-5-7-16-25(23)30/h2-18,30H,19H2,1H3,(H,28,31). The number of aromatic hydroxyl groups is 1. The second-order valence-corrected chi connectivity index (χ2v) is 9.53. The predicted octanol–water partition coefficient (Wildman–Crippen LogP) is 5.05. The molecule has 0 aromatic heterocycles. The Hall–Kier alpha value is -4.30. The number of benzene rings is 4. The summed E-state index contributed by atoms with van der Waals surface area (Å²) in [6, 6.07) is 28.2. The smallest absolute Gasteiger partial charge is 0.264 e. The third-order valence-corrected chi connectivity index (χ3v) is 7.12. The molecule has 178 valence electrons. The van der Waals surface area contributed by atoms with Crippen molar-refractivity contribution in [2.75, 3.05) is 16.7 Å². The zero-order chi connectivity index (χ0) is 24.8. The fraction of sp³-hybridized carbons (Fsp3) is 0.0741. The van der Waals surface area contributed by atoms with E-state index in [0.29, 0.717) is 11.4 Å². The normalized spacial score (nSPS) is 11.0. The minimum absolute atomic E-state index is 0.0516. The summed E-state index contributed by atoms with van der Waals surface area (Å²) in [6.45, 7) is 0.0673. The van der Waals surface area contributed by atoms with E-state index < -0.39 is 15.9 Å². The van der Waals surface area contributed by atoms with E-state index in [-0.39, 0.29) is 28.4 Å². The Morgan fingerprint density at radius 1 is 0.886 bits per heavy atom. The first-order valence-corrected chi connectivity index (χ1v) is 12.2. The first-order chi connectivity index (χ1) is 16.9. The third kappa shape index (κ3) is 5.28. The highest BCUT2D eigenvalue weighted by Crippen LogP contribution is 2.34. The van der Waals surface area contributed by atoms with Crippen LogP contribution in [-0.2, 0) is 16.6 Å². The van der Waals surface area contributed by atoms with Crippen molar-refractivity contribution in [2.24, 2.45) is 0 Å². The van der Waals surface area contributed by atoms with E-state index in [4.69, 9.17) is 4.74 Å². The second-order valence-electron chi connectivity index (χ2n) is 7.67. The van der Waals surface area contributed by atoms with Crippen LogP contribution >= 0.6 is 0 Å². The number of carbonyl (C=O) groups excluding carboxylic acids is 1. The van der Waals surface area contributed by atoms with Crippen LogP contribution in [0.2, 0.25) is 0 Å². The quantitative estimate of drug-likeness (QED) is 0.339. The van der Waals surface area contributed by atoms with E-state index in [1.807, 2.05) is 30.3 Å². The van der Waals surface area contributed by atoms with E-state index >= 15 is 0 Å². The summed E-state index contributed by atoms with van der Waals surface area (Å²) < 4.78 is 34.5. The van der Waals surface area contributed by atoms with Gasteiger partial charge in [0, 0.05) is 5.56 Å². The van der Waals surface area contributed by atoms with Gasteiger partial charge in [-0.15, -0.1) is 0 Å². The van der Waals surface area contributed by atoms with Crippen molar-refractivity contribution < 1.29 is 23.1 Å². The Labute approximate surface area is 204 Å². The van der Waals surface area contributed by atoms with Gasteiger partial charge in [0.15, 0.2) is 0 Å². The largest absolute Gasteiger partial charge is 0.506 e. The first kappa shape index (κ1) is 23.8. The molecule has 0 aliphatic rings. The highest BCUT2D eigenvalue weighted by Gasteiger charge is 2.28. The lowest BCUT2D eigenvalue weighted by Crippen LogP contribution is -2.31. The summed E-state index contributed by atoms with van der Waals surface area (Å²) in [6.07, 6.45) is 0. The van der Waals surface area contributed by atoms with Crippen LogP contribution in [0.5, 0.6) is 11.5 Å². The number of phenols is 1. The summed E-state index contributed by atoms with van der Waals surface area (Å²) >= 11 is 0. The highest BCUT2D eigenvalue weighted by molar-refractivity contribution is 7.92. The molecule has 4 aromatic carbocycles. The molecule has 0 saturated heterocycles. The van der Waals surface area contributed by atoms with Gasteiger partial charge in [0.2, 0.25) is 0 Å². The SMILES string of the molecule is COc1ccccc1N(Cc1ccccc1)S(=O)(=O)c1cccc(C(=O)Nc2ccccc2O)c1. The molecule has 4 aromatic rings. The van der Waals surface area contributed by atoms with Gasteiger partial charge in [-0.2, -0.15) is 0 Å². The van der Waals surface area contributed by atoms with Crippen LogP contribution in [0.25, 0.3) is 0 Å². The van der Waals surface area contributed by atoms with Crippen molar-refractivity contribution in [3.63, 3.8) is 0 Å². The third-order valence-electron chi connectivity index (χ3n) is 5.36. The van der Waals surface area contributed by atoms with Crippen LogP contribution in [0.15, 0.2) is 108 Å². The summed E-state index contributed by atoms with van der Waals surface area (Å²) in [5, 5.41) is 12.6. The highest BCUT2D eigenvalue weighted by atomic mass is 32.2. The topological polar surface area (TPSA) is 95.9 Å². The molecule has 0 heterocycles. The van der Waals surface area contributed by atoms with Crippen LogP contribution < -0.4 is 14.4 Å². The van der Waals surface area contributed by atoms with E-state index in [1.54, 1.807) is 42.5 Å². The Morgan fingerprint density at radius 3 is 2.31 bits per heavy atom. The monoisotopic (exact) mass is 488 g/mol. The number of rotatable bonds is 8. The maximum atomic E-state index is 13.9. The van der Waals surface area contributed by atoms with Gasteiger partial charge >= 0.3 is 0 Å². The number of phenolic OH excluding ortho intramolecular Hbond substituents is 1. The number of anilines is 2. The van der Waals surface area contributed by atoms with Gasteiger partial charge < -0.3 is 15.2 Å². The molecule has 1 amide bonds. The molecular weight excluding hydrogens is 464 g/mol. The molecule has 35 heavy (non-hydrogen) atoms. The number of nitrogens with zero attached hydrogens (tertiary/aromatic N) is 1. The van der Waals surface area contributed by atoms with Crippen molar-refractivity contribution in [2.45, 2.75) is 11.4 Å². The lowest BCUT2D eigenvalue weighted by Gasteiger charge is -2.26. The van der Waals surface area contributed by atoms with E-state index in [1.165, 1.54) is 41.7 Å². The maximum absolute atomic E-state index is 13.9. The van der Waals surface area contributed by atoms with E-state index in [0.717, 1.165) is 5.56 Å². The zero-order valence-corrected chi connectivity index (χ0v) is 19.8. The number of carbonyl (C=O) groups is 1.